The standard InChI is InChI=1S/C24H30N8O3/c1-29(11-14-33)22-20-21(27-24(28-22)32-9-7-30(17-34)8-10-32)26-23(31-12-15-35-16-13-31)19(25-20)18-5-3-2-4-6-18/h2-6,17,33H,7-16H2,1H3. The van der Waals surface area contributed by atoms with E-state index in [9.17, 15) is 9.90 Å². The zero-order valence-electron chi connectivity index (χ0n) is 19.9. The van der Waals surface area contributed by atoms with Crippen LogP contribution in [0.5, 0.6) is 0 Å². The van der Waals surface area contributed by atoms with Gasteiger partial charge in [0.05, 0.1) is 19.8 Å². The second-order valence-corrected chi connectivity index (χ2v) is 8.65. The SMILES string of the molecule is CN(CCO)c1nc(N2CCN(C=O)CC2)nc2nc(N3CCOCC3)c(-c3ccccc3)nc12. The van der Waals surface area contributed by atoms with Gasteiger partial charge in [-0.05, 0) is 0 Å². The summed E-state index contributed by atoms with van der Waals surface area (Å²) in [4.78, 5) is 38.8. The summed E-state index contributed by atoms with van der Waals surface area (Å²) in [5, 5.41) is 9.60. The molecule has 1 amide bonds. The van der Waals surface area contributed by atoms with Crippen molar-refractivity contribution in [1.29, 1.82) is 0 Å². The normalized spacial score (nSPS) is 16.6. The molecule has 184 valence electrons. The van der Waals surface area contributed by atoms with Crippen molar-refractivity contribution in [2.45, 2.75) is 0 Å². The summed E-state index contributed by atoms with van der Waals surface area (Å²) in [7, 11) is 1.88. The number of morpholine rings is 1. The van der Waals surface area contributed by atoms with E-state index in [4.69, 9.17) is 24.7 Å². The number of hydrogen-bond donors (Lipinski definition) is 1. The maximum atomic E-state index is 11.1. The molecule has 0 radical (unpaired) electrons. The topological polar surface area (TPSA) is 111 Å². The molecule has 35 heavy (non-hydrogen) atoms. The highest BCUT2D eigenvalue weighted by Gasteiger charge is 2.25. The van der Waals surface area contributed by atoms with Crippen LogP contribution in [0.3, 0.4) is 0 Å². The highest BCUT2D eigenvalue weighted by atomic mass is 16.5. The Balaban J connectivity index is 1.66. The zero-order chi connectivity index (χ0) is 24.2. The molecule has 1 N–H and O–H groups in total. The molecule has 2 fully saturated rings. The van der Waals surface area contributed by atoms with Gasteiger partial charge >= 0.3 is 0 Å². The smallest absolute Gasteiger partial charge is 0.229 e. The third-order valence-electron chi connectivity index (χ3n) is 6.38. The molecular formula is C24H30N8O3. The molecule has 4 heterocycles. The number of anilines is 3. The Bertz CT molecular complexity index is 1160. The lowest BCUT2D eigenvalue weighted by Crippen LogP contribution is -2.46. The quantitative estimate of drug-likeness (QED) is 0.486. The number of aliphatic hydroxyl groups excluding tert-OH is 1. The summed E-state index contributed by atoms with van der Waals surface area (Å²) < 4.78 is 5.57. The fourth-order valence-electron chi connectivity index (χ4n) is 4.39. The third-order valence-corrected chi connectivity index (χ3v) is 6.38. The lowest BCUT2D eigenvalue weighted by Gasteiger charge is -2.33. The van der Waals surface area contributed by atoms with Crippen molar-refractivity contribution in [3.8, 4) is 11.3 Å². The lowest BCUT2D eigenvalue weighted by molar-refractivity contribution is -0.118. The number of carbonyl (C=O) groups is 1. The molecule has 0 spiro atoms. The van der Waals surface area contributed by atoms with Crippen LogP contribution in [0.2, 0.25) is 0 Å². The van der Waals surface area contributed by atoms with Crippen molar-refractivity contribution < 1.29 is 14.6 Å². The van der Waals surface area contributed by atoms with Crippen LogP contribution in [0.1, 0.15) is 0 Å². The molecule has 2 saturated heterocycles. The van der Waals surface area contributed by atoms with E-state index in [1.54, 1.807) is 4.90 Å². The number of carbonyl (C=O) groups excluding carboxylic acids is 1. The second-order valence-electron chi connectivity index (χ2n) is 8.65. The first-order chi connectivity index (χ1) is 17.2. The van der Waals surface area contributed by atoms with Gasteiger partial charge in [-0.3, -0.25) is 4.79 Å². The number of rotatable bonds is 7. The van der Waals surface area contributed by atoms with Crippen molar-refractivity contribution >= 4 is 35.2 Å². The van der Waals surface area contributed by atoms with Gasteiger partial charge in [0.15, 0.2) is 22.8 Å². The van der Waals surface area contributed by atoms with Gasteiger partial charge in [0.2, 0.25) is 12.4 Å². The van der Waals surface area contributed by atoms with Gasteiger partial charge in [0.1, 0.15) is 5.69 Å². The maximum absolute atomic E-state index is 11.1. The fraction of sp³-hybridized carbons (Fsp3) is 0.458. The van der Waals surface area contributed by atoms with E-state index < -0.39 is 0 Å². The van der Waals surface area contributed by atoms with Gasteiger partial charge in [0, 0.05) is 58.4 Å². The molecule has 0 saturated carbocycles. The molecule has 0 unspecified atom stereocenters. The van der Waals surface area contributed by atoms with E-state index in [-0.39, 0.29) is 6.61 Å². The van der Waals surface area contributed by atoms with Crippen LogP contribution in [0.25, 0.3) is 22.4 Å². The van der Waals surface area contributed by atoms with Crippen LogP contribution in [0.15, 0.2) is 30.3 Å². The number of likely N-dealkylation sites (N-methyl/N-ethyl adjacent to an activating group) is 1. The lowest BCUT2D eigenvalue weighted by atomic mass is 10.1. The number of piperazine rings is 1. The van der Waals surface area contributed by atoms with E-state index in [1.807, 2.05) is 42.3 Å². The molecule has 11 heteroatoms. The summed E-state index contributed by atoms with van der Waals surface area (Å²) in [6.07, 6.45) is 0.879. The predicted octanol–water partition coefficient (Wildman–Crippen LogP) is 0.630. The minimum absolute atomic E-state index is 0.0137. The average Bonchev–Trinajstić information content (AvgIpc) is 2.93. The Morgan fingerprint density at radius 3 is 2.40 bits per heavy atom. The van der Waals surface area contributed by atoms with Crippen molar-refractivity contribution in [2.75, 3.05) is 87.4 Å². The van der Waals surface area contributed by atoms with Crippen LogP contribution in [-0.4, -0.2) is 109 Å². The van der Waals surface area contributed by atoms with Gasteiger partial charge in [-0.1, -0.05) is 30.3 Å². The van der Waals surface area contributed by atoms with Gasteiger partial charge in [-0.2, -0.15) is 9.97 Å². The van der Waals surface area contributed by atoms with E-state index in [0.29, 0.717) is 68.9 Å². The largest absolute Gasteiger partial charge is 0.395 e. The number of amides is 1. The summed E-state index contributed by atoms with van der Waals surface area (Å²) >= 11 is 0. The minimum Gasteiger partial charge on any atom is -0.395 e. The second kappa shape index (κ2) is 10.4. The van der Waals surface area contributed by atoms with Gasteiger partial charge in [0.25, 0.3) is 0 Å². The monoisotopic (exact) mass is 478 g/mol. The molecule has 2 aromatic heterocycles. The first-order valence-electron chi connectivity index (χ1n) is 11.9. The first-order valence-corrected chi connectivity index (χ1v) is 11.9. The van der Waals surface area contributed by atoms with Gasteiger partial charge in [-0.15, -0.1) is 0 Å². The van der Waals surface area contributed by atoms with Gasteiger partial charge < -0.3 is 29.4 Å². The number of fused-ring (bicyclic) bond motifs is 1. The number of benzene rings is 1. The molecule has 5 rings (SSSR count). The number of aromatic nitrogens is 4. The van der Waals surface area contributed by atoms with Crippen molar-refractivity contribution in [2.24, 2.45) is 0 Å². The first kappa shape index (κ1) is 23.2. The van der Waals surface area contributed by atoms with Crippen LogP contribution < -0.4 is 14.7 Å². The summed E-state index contributed by atoms with van der Waals surface area (Å²) in [5.41, 5.74) is 2.84. The van der Waals surface area contributed by atoms with E-state index >= 15 is 0 Å². The Kier molecular flexibility index (Phi) is 6.87. The van der Waals surface area contributed by atoms with Crippen LogP contribution >= 0.6 is 0 Å². The Morgan fingerprint density at radius 1 is 0.971 bits per heavy atom. The van der Waals surface area contributed by atoms with Crippen molar-refractivity contribution in [1.82, 2.24) is 24.8 Å². The molecule has 2 aliphatic heterocycles. The minimum atomic E-state index is -0.0137. The molecular weight excluding hydrogens is 448 g/mol. The third kappa shape index (κ3) is 4.82. The summed E-state index contributed by atoms with van der Waals surface area (Å²) in [6, 6.07) is 10.0. The van der Waals surface area contributed by atoms with Crippen molar-refractivity contribution in [3.05, 3.63) is 30.3 Å². The molecule has 0 atom stereocenters. The summed E-state index contributed by atoms with van der Waals surface area (Å²) in [5.74, 6) is 1.95. The Labute approximate surface area is 204 Å². The zero-order valence-corrected chi connectivity index (χ0v) is 19.9. The molecule has 0 bridgehead atoms. The highest BCUT2D eigenvalue weighted by Crippen LogP contribution is 2.33. The number of hydrogen-bond acceptors (Lipinski definition) is 10. The number of ether oxygens (including phenoxy) is 1. The highest BCUT2D eigenvalue weighted by molar-refractivity contribution is 5.89. The van der Waals surface area contributed by atoms with Crippen molar-refractivity contribution in [3.63, 3.8) is 0 Å². The average molecular weight is 479 g/mol. The molecule has 3 aromatic rings. The summed E-state index contributed by atoms with van der Waals surface area (Å²) in [6.45, 7) is 5.61. The molecule has 2 aliphatic rings. The van der Waals surface area contributed by atoms with Crippen LogP contribution in [0.4, 0.5) is 17.6 Å². The maximum Gasteiger partial charge on any atom is 0.229 e. The van der Waals surface area contributed by atoms with Gasteiger partial charge in [-0.25, -0.2) is 9.97 Å². The number of nitrogens with zero attached hydrogens (tertiary/aromatic N) is 8. The van der Waals surface area contributed by atoms with E-state index in [2.05, 4.69) is 9.80 Å². The molecule has 0 aliphatic carbocycles. The van der Waals surface area contributed by atoms with E-state index in [0.717, 1.165) is 36.6 Å². The number of aliphatic hydroxyl groups is 1. The van der Waals surface area contributed by atoms with E-state index in [1.165, 1.54) is 0 Å². The Morgan fingerprint density at radius 2 is 1.71 bits per heavy atom. The molecule has 11 nitrogen and oxygen atoms in total. The van der Waals surface area contributed by atoms with Crippen LogP contribution in [-0.2, 0) is 9.53 Å². The fourth-order valence-corrected chi connectivity index (χ4v) is 4.39. The van der Waals surface area contributed by atoms with Crippen LogP contribution in [0, 0.1) is 0 Å². The molecule has 1 aromatic carbocycles. The Hall–Kier alpha value is -3.57. The predicted molar refractivity (Wildman–Crippen MR) is 134 cm³/mol.